The fourth-order valence-corrected chi connectivity index (χ4v) is 5.55. The monoisotopic (exact) mass is 238 g/mol. The van der Waals surface area contributed by atoms with Crippen LogP contribution in [0.1, 0.15) is 27.2 Å². The maximum Gasteiger partial charge on any atom is 0.294 e. The third-order valence-corrected chi connectivity index (χ3v) is 6.94. The largest absolute Gasteiger partial charge is 0.294 e. The highest BCUT2D eigenvalue weighted by molar-refractivity contribution is 8.56. The Hall–Kier alpha value is 0.0100. The summed E-state index contributed by atoms with van der Waals surface area (Å²) in [7, 11) is 0. The Balaban J connectivity index is 4.50. The number of hydrogen-bond acceptors (Lipinski definition) is 3. The average Bonchev–Trinajstić information content (AvgIpc) is 2.17. The van der Waals surface area contributed by atoms with Gasteiger partial charge in [-0.3, -0.25) is 14.0 Å². The van der Waals surface area contributed by atoms with Crippen LogP contribution in [0.3, 0.4) is 0 Å². The van der Waals surface area contributed by atoms with Crippen molar-refractivity contribution in [2.75, 3.05) is 18.8 Å². The van der Waals surface area contributed by atoms with Crippen molar-refractivity contribution in [2.24, 2.45) is 0 Å². The topological polar surface area (TPSA) is 49.4 Å². The van der Waals surface area contributed by atoms with Gasteiger partial charge in [0.25, 0.3) is 6.65 Å². The van der Waals surface area contributed by atoms with Gasteiger partial charge in [-0.2, -0.15) is 0 Å². The molecule has 0 aliphatic heterocycles. The lowest BCUT2D eigenvalue weighted by Gasteiger charge is -2.26. The van der Waals surface area contributed by atoms with E-state index in [1.807, 2.05) is 20.8 Å². The Bertz CT molecular complexity index is 214. The molecular weight excluding hydrogens is 219 g/mol. The molecule has 0 aromatic rings. The Morgan fingerprint density at radius 1 is 1.43 bits per heavy atom. The van der Waals surface area contributed by atoms with Crippen molar-refractivity contribution in [3.05, 3.63) is 0 Å². The molecule has 0 spiro atoms. The number of carbonyl (C=O) groups excluding carboxylic acids is 1. The van der Waals surface area contributed by atoms with E-state index in [-0.39, 0.29) is 0 Å². The average molecular weight is 238 g/mol. The van der Waals surface area contributed by atoms with E-state index in [9.17, 15) is 9.36 Å². The maximum atomic E-state index is 12.3. The van der Waals surface area contributed by atoms with Crippen LogP contribution in [0.25, 0.3) is 0 Å². The van der Waals surface area contributed by atoms with E-state index in [1.54, 1.807) is 0 Å². The second kappa shape index (κ2) is 7.32. The van der Waals surface area contributed by atoms with Crippen LogP contribution in [0.5, 0.6) is 0 Å². The molecule has 0 aromatic carbocycles. The zero-order chi connectivity index (χ0) is 11.0. The molecule has 0 aliphatic rings. The second-order valence-corrected chi connectivity index (χ2v) is 7.52. The first-order valence-corrected chi connectivity index (χ1v) is 8.11. The molecule has 0 saturated heterocycles. The molecule has 1 N–H and O–H groups in total. The van der Waals surface area contributed by atoms with Crippen LogP contribution < -0.4 is 5.09 Å². The number of carbonyl (C=O) groups is 1. The minimum atomic E-state index is -2.71. The van der Waals surface area contributed by atoms with Gasteiger partial charge in [0, 0.05) is 18.8 Å². The van der Waals surface area contributed by atoms with Crippen molar-refractivity contribution in [3.63, 3.8) is 0 Å². The third kappa shape index (κ3) is 4.03. The molecular formula is C8H19N2O2PS. The summed E-state index contributed by atoms with van der Waals surface area (Å²) in [5.74, 6) is 0.800. The van der Waals surface area contributed by atoms with E-state index in [1.165, 1.54) is 16.1 Å². The lowest BCUT2D eigenvalue weighted by atomic mass is 10.6. The molecule has 4 nitrogen and oxygen atoms in total. The van der Waals surface area contributed by atoms with Crippen LogP contribution in [0.2, 0.25) is 0 Å². The van der Waals surface area contributed by atoms with Gasteiger partial charge in [0.2, 0.25) is 6.41 Å². The summed E-state index contributed by atoms with van der Waals surface area (Å²) in [6.45, 7) is 4.11. The van der Waals surface area contributed by atoms with Crippen LogP contribution in [-0.4, -0.2) is 29.9 Å². The van der Waals surface area contributed by atoms with Gasteiger partial charge in [-0.25, -0.2) is 5.09 Å². The molecule has 1 atom stereocenters. The summed E-state index contributed by atoms with van der Waals surface area (Å²) in [5, 5.41) is 2.91. The molecule has 14 heavy (non-hydrogen) atoms. The molecule has 0 aliphatic carbocycles. The SMILES string of the molecule is CCCSP(=O)(NCC)N(C=O)CC. The van der Waals surface area contributed by atoms with Gasteiger partial charge in [0.1, 0.15) is 0 Å². The van der Waals surface area contributed by atoms with E-state index in [0.717, 1.165) is 12.2 Å². The molecule has 1 amide bonds. The Morgan fingerprint density at radius 3 is 2.43 bits per heavy atom. The van der Waals surface area contributed by atoms with Crippen LogP contribution in [0.15, 0.2) is 0 Å². The molecule has 0 heterocycles. The van der Waals surface area contributed by atoms with E-state index in [0.29, 0.717) is 19.5 Å². The van der Waals surface area contributed by atoms with E-state index < -0.39 is 6.65 Å². The van der Waals surface area contributed by atoms with E-state index in [2.05, 4.69) is 5.09 Å². The normalized spacial score (nSPS) is 14.8. The van der Waals surface area contributed by atoms with Gasteiger partial charge < -0.3 is 0 Å². The van der Waals surface area contributed by atoms with Crippen LogP contribution in [0, 0.1) is 0 Å². The predicted octanol–water partition coefficient (Wildman–Crippen LogP) is 2.33. The molecule has 0 rings (SSSR count). The van der Waals surface area contributed by atoms with Crippen molar-refractivity contribution in [2.45, 2.75) is 27.2 Å². The zero-order valence-corrected chi connectivity index (χ0v) is 10.7. The van der Waals surface area contributed by atoms with Crippen molar-refractivity contribution in [1.82, 2.24) is 9.76 Å². The smallest absolute Gasteiger partial charge is 0.278 e. The fourth-order valence-electron chi connectivity index (χ4n) is 0.948. The molecule has 1 unspecified atom stereocenters. The van der Waals surface area contributed by atoms with Gasteiger partial charge in [0.15, 0.2) is 0 Å². The fraction of sp³-hybridized carbons (Fsp3) is 0.875. The van der Waals surface area contributed by atoms with Crippen molar-refractivity contribution < 1.29 is 9.36 Å². The Morgan fingerprint density at radius 2 is 2.07 bits per heavy atom. The Labute approximate surface area is 90.0 Å². The van der Waals surface area contributed by atoms with Crippen LogP contribution in [-0.2, 0) is 9.36 Å². The van der Waals surface area contributed by atoms with E-state index >= 15 is 0 Å². The van der Waals surface area contributed by atoms with Gasteiger partial charge in [-0.15, -0.1) is 0 Å². The number of nitrogens with zero attached hydrogens (tertiary/aromatic N) is 1. The van der Waals surface area contributed by atoms with Crippen molar-refractivity contribution >= 4 is 24.4 Å². The molecule has 0 saturated carbocycles. The third-order valence-electron chi connectivity index (χ3n) is 1.61. The summed E-state index contributed by atoms with van der Waals surface area (Å²) in [6, 6.07) is 0. The first-order valence-electron chi connectivity index (χ1n) is 4.86. The number of rotatable bonds is 8. The molecule has 0 aromatic heterocycles. The quantitative estimate of drug-likeness (QED) is 0.521. The molecule has 84 valence electrons. The van der Waals surface area contributed by atoms with Crippen molar-refractivity contribution in [3.8, 4) is 0 Å². The molecule has 6 heteroatoms. The maximum absolute atomic E-state index is 12.3. The molecule has 0 bridgehead atoms. The molecule has 0 fully saturated rings. The minimum absolute atomic E-state index is 0.477. The second-order valence-electron chi connectivity index (χ2n) is 2.73. The van der Waals surface area contributed by atoms with Gasteiger partial charge in [0.05, 0.1) is 0 Å². The van der Waals surface area contributed by atoms with Crippen LogP contribution >= 0.6 is 18.0 Å². The van der Waals surface area contributed by atoms with Gasteiger partial charge in [-0.05, 0) is 13.3 Å². The number of hydrogen-bond donors (Lipinski definition) is 1. The highest BCUT2D eigenvalue weighted by Crippen LogP contribution is 2.57. The summed E-state index contributed by atoms with van der Waals surface area (Å²) in [6.07, 6.45) is 1.61. The zero-order valence-electron chi connectivity index (χ0n) is 9.02. The summed E-state index contributed by atoms with van der Waals surface area (Å²) >= 11 is 1.34. The first-order chi connectivity index (χ1) is 6.64. The van der Waals surface area contributed by atoms with Gasteiger partial charge >= 0.3 is 0 Å². The van der Waals surface area contributed by atoms with Gasteiger partial charge in [-0.1, -0.05) is 25.2 Å². The lowest BCUT2D eigenvalue weighted by Crippen LogP contribution is -2.25. The highest BCUT2D eigenvalue weighted by Gasteiger charge is 2.27. The predicted molar refractivity (Wildman–Crippen MR) is 62.5 cm³/mol. The minimum Gasteiger partial charge on any atom is -0.278 e. The standard InChI is InChI=1S/C8H19N2O2PS/c1-4-7-14-13(12,9-5-2)10(6-3)8-11/h8H,4-7H2,1-3H3,(H,9,12). The first kappa shape index (κ1) is 14.0. The number of nitrogens with one attached hydrogen (secondary N) is 1. The van der Waals surface area contributed by atoms with E-state index in [4.69, 9.17) is 0 Å². The summed E-state index contributed by atoms with van der Waals surface area (Å²) < 4.78 is 13.6. The highest BCUT2D eigenvalue weighted by atomic mass is 32.7. The summed E-state index contributed by atoms with van der Waals surface area (Å²) in [5.41, 5.74) is 0. The Kier molecular flexibility index (Phi) is 7.33. The van der Waals surface area contributed by atoms with Crippen LogP contribution in [0.4, 0.5) is 0 Å². The number of amides is 1. The summed E-state index contributed by atoms with van der Waals surface area (Å²) in [4.78, 5) is 10.7. The molecule has 0 radical (unpaired) electrons. The van der Waals surface area contributed by atoms with Crippen molar-refractivity contribution in [1.29, 1.82) is 0 Å². The lowest BCUT2D eigenvalue weighted by molar-refractivity contribution is -0.114.